The smallest absolute Gasteiger partial charge is 0.225 e. The first-order valence-corrected chi connectivity index (χ1v) is 9.54. The van der Waals surface area contributed by atoms with Gasteiger partial charge in [0.2, 0.25) is 11.8 Å². The molecule has 1 aromatic carbocycles. The van der Waals surface area contributed by atoms with Crippen LogP contribution in [0.25, 0.3) is 0 Å². The highest BCUT2D eigenvalue weighted by Crippen LogP contribution is 2.33. The summed E-state index contributed by atoms with van der Waals surface area (Å²) in [6.07, 6.45) is 3.99. The van der Waals surface area contributed by atoms with Crippen LogP contribution in [0.2, 0.25) is 0 Å². The van der Waals surface area contributed by atoms with Crippen LogP contribution in [-0.2, 0) is 16.1 Å². The van der Waals surface area contributed by atoms with Crippen molar-refractivity contribution in [3.63, 3.8) is 0 Å². The van der Waals surface area contributed by atoms with Crippen LogP contribution < -0.4 is 5.32 Å². The molecule has 2 aromatic rings. The maximum absolute atomic E-state index is 12.9. The quantitative estimate of drug-likeness (QED) is 0.856. The summed E-state index contributed by atoms with van der Waals surface area (Å²) in [5.41, 5.74) is 2.08. The second-order valence-electron chi connectivity index (χ2n) is 7.60. The van der Waals surface area contributed by atoms with E-state index in [1.54, 1.807) is 12.4 Å². The summed E-state index contributed by atoms with van der Waals surface area (Å²) in [4.78, 5) is 31.4. The number of rotatable bonds is 6. The van der Waals surface area contributed by atoms with Crippen LogP contribution in [0.4, 0.5) is 0 Å². The number of benzene rings is 1. The van der Waals surface area contributed by atoms with Crippen molar-refractivity contribution in [3.05, 3.63) is 66.0 Å². The summed E-state index contributed by atoms with van der Waals surface area (Å²) in [5.74, 6) is 0.226. The molecule has 5 nitrogen and oxygen atoms in total. The molecule has 1 saturated heterocycles. The highest BCUT2D eigenvalue weighted by molar-refractivity contribution is 5.83. The molecule has 0 spiro atoms. The van der Waals surface area contributed by atoms with E-state index in [1.165, 1.54) is 0 Å². The van der Waals surface area contributed by atoms with E-state index >= 15 is 0 Å². The number of carbonyl (C=O) groups excluding carboxylic acids is 2. The minimum atomic E-state index is -0.236. The molecule has 1 fully saturated rings. The van der Waals surface area contributed by atoms with E-state index < -0.39 is 0 Å². The predicted molar refractivity (Wildman–Crippen MR) is 105 cm³/mol. The summed E-state index contributed by atoms with van der Waals surface area (Å²) >= 11 is 0. The Hall–Kier alpha value is -2.69. The Morgan fingerprint density at radius 3 is 2.59 bits per heavy atom. The Labute approximate surface area is 160 Å². The third-order valence-corrected chi connectivity index (χ3v) is 5.01. The van der Waals surface area contributed by atoms with Gasteiger partial charge in [-0.15, -0.1) is 0 Å². The van der Waals surface area contributed by atoms with Crippen molar-refractivity contribution >= 4 is 11.8 Å². The van der Waals surface area contributed by atoms with Gasteiger partial charge in [0, 0.05) is 44.4 Å². The molecule has 1 N–H and O–H groups in total. The molecule has 1 aliphatic rings. The van der Waals surface area contributed by atoms with E-state index in [0.29, 0.717) is 32.0 Å². The van der Waals surface area contributed by atoms with Crippen molar-refractivity contribution < 1.29 is 9.59 Å². The summed E-state index contributed by atoms with van der Waals surface area (Å²) < 4.78 is 0. The van der Waals surface area contributed by atoms with Crippen molar-refractivity contribution in [2.45, 2.75) is 32.7 Å². The molecule has 0 bridgehead atoms. The Morgan fingerprint density at radius 2 is 1.93 bits per heavy atom. The van der Waals surface area contributed by atoms with Crippen molar-refractivity contribution in [3.8, 4) is 0 Å². The van der Waals surface area contributed by atoms with Gasteiger partial charge in [0.1, 0.15) is 0 Å². The van der Waals surface area contributed by atoms with Gasteiger partial charge in [-0.25, -0.2) is 0 Å². The lowest BCUT2D eigenvalue weighted by Crippen LogP contribution is -2.35. The van der Waals surface area contributed by atoms with Crippen LogP contribution in [0.5, 0.6) is 0 Å². The van der Waals surface area contributed by atoms with Crippen LogP contribution in [0, 0.1) is 11.8 Å². The van der Waals surface area contributed by atoms with Crippen LogP contribution in [-0.4, -0.2) is 34.8 Å². The van der Waals surface area contributed by atoms with Crippen LogP contribution in [0.1, 0.15) is 37.3 Å². The molecule has 0 saturated carbocycles. The van der Waals surface area contributed by atoms with Gasteiger partial charge in [-0.1, -0.05) is 50.2 Å². The standard InChI is InChI=1S/C22H27N3O2/c1-16(2)11-21(26)25-14-19(18-8-4-3-5-9-18)20(15-25)22(27)24-13-17-7-6-10-23-12-17/h3-10,12,16,19-20H,11,13-15H2,1-2H3,(H,24,27)/t19-,20-/m1/s1. The molecule has 0 radical (unpaired) electrons. The number of hydrogen-bond donors (Lipinski definition) is 1. The van der Waals surface area contributed by atoms with Crippen molar-refractivity contribution in [2.75, 3.05) is 13.1 Å². The minimum Gasteiger partial charge on any atom is -0.352 e. The lowest BCUT2D eigenvalue weighted by atomic mass is 9.88. The maximum atomic E-state index is 12.9. The molecule has 2 amide bonds. The van der Waals surface area contributed by atoms with E-state index in [9.17, 15) is 9.59 Å². The Balaban J connectivity index is 1.72. The number of pyridine rings is 1. The van der Waals surface area contributed by atoms with Crippen LogP contribution in [0.3, 0.4) is 0 Å². The number of amides is 2. The molecule has 3 rings (SSSR count). The minimum absolute atomic E-state index is 0.00690. The molecule has 2 heterocycles. The first-order chi connectivity index (χ1) is 13.0. The third kappa shape index (κ3) is 4.94. The molecular formula is C22H27N3O2. The van der Waals surface area contributed by atoms with Crippen molar-refractivity contribution in [1.82, 2.24) is 15.2 Å². The van der Waals surface area contributed by atoms with Crippen molar-refractivity contribution in [1.29, 1.82) is 0 Å². The SMILES string of the molecule is CC(C)CC(=O)N1C[C@H](c2ccccc2)[C@H](C(=O)NCc2cccnc2)C1. The molecule has 0 unspecified atom stereocenters. The Bertz CT molecular complexity index is 762. The molecule has 2 atom stereocenters. The van der Waals surface area contributed by atoms with E-state index in [1.807, 2.05) is 61.2 Å². The number of aromatic nitrogens is 1. The van der Waals surface area contributed by atoms with Crippen molar-refractivity contribution in [2.24, 2.45) is 11.8 Å². The monoisotopic (exact) mass is 365 g/mol. The molecular weight excluding hydrogens is 338 g/mol. The van der Waals surface area contributed by atoms with E-state index in [2.05, 4.69) is 10.3 Å². The first-order valence-electron chi connectivity index (χ1n) is 9.54. The highest BCUT2D eigenvalue weighted by atomic mass is 16.2. The number of likely N-dealkylation sites (tertiary alicyclic amines) is 1. The van der Waals surface area contributed by atoms with Gasteiger partial charge in [0.25, 0.3) is 0 Å². The summed E-state index contributed by atoms with van der Waals surface area (Å²) in [6.45, 7) is 5.61. The van der Waals surface area contributed by atoms with Crippen LogP contribution >= 0.6 is 0 Å². The average molecular weight is 365 g/mol. The molecule has 27 heavy (non-hydrogen) atoms. The molecule has 142 valence electrons. The van der Waals surface area contributed by atoms with Gasteiger partial charge < -0.3 is 10.2 Å². The zero-order valence-corrected chi connectivity index (χ0v) is 16.0. The predicted octanol–water partition coefficient (Wildman–Crippen LogP) is 2.99. The van der Waals surface area contributed by atoms with Gasteiger partial charge in [-0.05, 0) is 23.1 Å². The lowest BCUT2D eigenvalue weighted by Gasteiger charge is -2.18. The summed E-state index contributed by atoms with van der Waals surface area (Å²) in [7, 11) is 0. The third-order valence-electron chi connectivity index (χ3n) is 5.01. The van der Waals surface area contributed by atoms with Gasteiger partial charge in [-0.2, -0.15) is 0 Å². The molecule has 0 aliphatic carbocycles. The van der Waals surface area contributed by atoms with Gasteiger partial charge >= 0.3 is 0 Å². The number of hydrogen-bond acceptors (Lipinski definition) is 3. The highest BCUT2D eigenvalue weighted by Gasteiger charge is 2.40. The molecule has 1 aliphatic heterocycles. The first kappa shape index (κ1) is 19.1. The fraction of sp³-hybridized carbons (Fsp3) is 0.409. The second kappa shape index (κ2) is 8.80. The van der Waals surface area contributed by atoms with Gasteiger partial charge in [-0.3, -0.25) is 14.6 Å². The topological polar surface area (TPSA) is 62.3 Å². The lowest BCUT2D eigenvalue weighted by molar-refractivity contribution is -0.131. The maximum Gasteiger partial charge on any atom is 0.225 e. The number of nitrogens with one attached hydrogen (secondary N) is 1. The molecule has 5 heteroatoms. The summed E-state index contributed by atoms with van der Waals surface area (Å²) in [6, 6.07) is 13.8. The zero-order chi connectivity index (χ0) is 19.2. The van der Waals surface area contributed by atoms with E-state index in [-0.39, 0.29) is 23.7 Å². The second-order valence-corrected chi connectivity index (χ2v) is 7.60. The average Bonchev–Trinajstić information content (AvgIpc) is 3.13. The number of carbonyl (C=O) groups is 2. The van der Waals surface area contributed by atoms with Gasteiger partial charge in [0.05, 0.1) is 5.92 Å². The Kier molecular flexibility index (Phi) is 6.22. The molecule has 1 aromatic heterocycles. The normalized spacial score (nSPS) is 19.3. The van der Waals surface area contributed by atoms with E-state index in [4.69, 9.17) is 0 Å². The summed E-state index contributed by atoms with van der Waals surface area (Å²) in [5, 5.41) is 3.02. The fourth-order valence-corrected chi connectivity index (χ4v) is 3.61. The zero-order valence-electron chi connectivity index (χ0n) is 16.0. The Morgan fingerprint density at radius 1 is 1.15 bits per heavy atom. The fourth-order valence-electron chi connectivity index (χ4n) is 3.61. The number of nitrogens with zero attached hydrogens (tertiary/aromatic N) is 2. The largest absolute Gasteiger partial charge is 0.352 e. The van der Waals surface area contributed by atoms with E-state index in [0.717, 1.165) is 11.1 Å². The van der Waals surface area contributed by atoms with Crippen LogP contribution in [0.15, 0.2) is 54.9 Å². The van der Waals surface area contributed by atoms with Gasteiger partial charge in [0.15, 0.2) is 0 Å².